The van der Waals surface area contributed by atoms with Crippen LogP contribution in [0.15, 0.2) is 0 Å². The Hall–Kier alpha value is -0.860. The average molecular weight is 377 g/mol. The third-order valence-corrected chi connectivity index (χ3v) is 8.45. The first-order chi connectivity index (χ1) is 13.0. The highest BCUT2D eigenvalue weighted by Gasteiger charge is 2.47. The second-order valence-corrected chi connectivity index (χ2v) is 9.99. The Labute approximate surface area is 166 Å². The summed E-state index contributed by atoms with van der Waals surface area (Å²) in [6.07, 6.45) is 16.2. The van der Waals surface area contributed by atoms with Crippen LogP contribution < -0.4 is 0 Å². The van der Waals surface area contributed by atoms with Crippen molar-refractivity contribution in [1.29, 1.82) is 0 Å². The maximum absolute atomic E-state index is 12.7. The van der Waals surface area contributed by atoms with Gasteiger partial charge in [-0.3, -0.25) is 9.59 Å². The number of rotatable bonds is 5. The lowest BCUT2D eigenvalue weighted by Crippen LogP contribution is -2.43. The molecule has 3 saturated carbocycles. The summed E-state index contributed by atoms with van der Waals surface area (Å²) in [4.78, 5) is 24.7. The third-order valence-electron chi connectivity index (χ3n) is 8.45. The molecule has 3 rings (SSSR count). The number of ether oxygens (including phenoxy) is 1. The van der Waals surface area contributed by atoms with Gasteiger partial charge in [0.25, 0.3) is 0 Å². The molecule has 0 heterocycles. The van der Waals surface area contributed by atoms with E-state index in [2.05, 4.69) is 6.92 Å². The van der Waals surface area contributed by atoms with E-state index in [4.69, 9.17) is 4.74 Å². The molecule has 27 heavy (non-hydrogen) atoms. The normalized spacial score (nSPS) is 40.6. The van der Waals surface area contributed by atoms with Crippen molar-refractivity contribution in [2.75, 3.05) is 7.11 Å². The summed E-state index contributed by atoms with van der Waals surface area (Å²) in [7, 11) is 1.39. The Kier molecular flexibility index (Phi) is 7.03. The monoisotopic (exact) mass is 376 g/mol. The number of carbonyl (C=O) groups is 2. The van der Waals surface area contributed by atoms with Crippen molar-refractivity contribution >= 4 is 11.8 Å². The molecule has 3 aliphatic rings. The van der Waals surface area contributed by atoms with Crippen LogP contribution >= 0.6 is 0 Å². The predicted molar refractivity (Wildman–Crippen MR) is 108 cm³/mol. The molecule has 0 bridgehead atoms. The molecule has 0 aromatic carbocycles. The molecule has 1 unspecified atom stereocenters. The first-order valence-corrected chi connectivity index (χ1v) is 11.6. The van der Waals surface area contributed by atoms with Crippen LogP contribution in [0.3, 0.4) is 0 Å². The molecule has 154 valence electrons. The Morgan fingerprint density at radius 2 is 1.44 bits per heavy atom. The van der Waals surface area contributed by atoms with Crippen molar-refractivity contribution in [3.8, 4) is 0 Å². The number of methoxy groups -OCH3 is 1. The molecule has 0 N–H and O–H groups in total. The van der Waals surface area contributed by atoms with Gasteiger partial charge in [-0.05, 0) is 87.9 Å². The Morgan fingerprint density at radius 1 is 0.926 bits per heavy atom. The molecule has 0 spiro atoms. The molecule has 0 radical (unpaired) electrons. The van der Waals surface area contributed by atoms with Gasteiger partial charge in [-0.25, -0.2) is 0 Å². The van der Waals surface area contributed by atoms with Crippen LogP contribution in [0.2, 0.25) is 0 Å². The number of ketones is 1. The number of carbonyl (C=O) groups excluding carboxylic acids is 2. The molecular formula is C24H40O3. The van der Waals surface area contributed by atoms with Gasteiger partial charge in [0, 0.05) is 6.42 Å². The third kappa shape index (κ3) is 4.59. The van der Waals surface area contributed by atoms with E-state index >= 15 is 0 Å². The van der Waals surface area contributed by atoms with Crippen LogP contribution in [0.1, 0.15) is 97.3 Å². The van der Waals surface area contributed by atoms with E-state index < -0.39 is 5.41 Å². The zero-order chi connectivity index (χ0) is 19.4. The minimum atomic E-state index is -0.889. The second kappa shape index (κ2) is 9.09. The van der Waals surface area contributed by atoms with Crippen molar-refractivity contribution in [2.24, 2.45) is 35.0 Å². The van der Waals surface area contributed by atoms with Gasteiger partial charge in [0.1, 0.15) is 11.2 Å². The molecule has 3 nitrogen and oxygen atoms in total. The van der Waals surface area contributed by atoms with Crippen LogP contribution in [-0.4, -0.2) is 18.9 Å². The molecule has 0 aromatic heterocycles. The van der Waals surface area contributed by atoms with E-state index in [1.807, 2.05) is 0 Å². The van der Waals surface area contributed by atoms with Gasteiger partial charge < -0.3 is 4.74 Å². The van der Waals surface area contributed by atoms with E-state index in [1.54, 1.807) is 6.92 Å². The minimum Gasteiger partial charge on any atom is -0.468 e. The lowest BCUT2D eigenvalue weighted by Gasteiger charge is -2.42. The van der Waals surface area contributed by atoms with Gasteiger partial charge in [0.15, 0.2) is 0 Å². The predicted octanol–water partition coefficient (Wildman–Crippen LogP) is 5.95. The maximum Gasteiger partial charge on any atom is 0.319 e. The summed E-state index contributed by atoms with van der Waals surface area (Å²) < 4.78 is 4.89. The van der Waals surface area contributed by atoms with E-state index in [0.29, 0.717) is 24.7 Å². The van der Waals surface area contributed by atoms with Gasteiger partial charge in [0.05, 0.1) is 7.11 Å². The largest absolute Gasteiger partial charge is 0.468 e. The quantitative estimate of drug-likeness (QED) is 0.440. The van der Waals surface area contributed by atoms with Crippen LogP contribution in [0.25, 0.3) is 0 Å². The lowest BCUT2D eigenvalue weighted by atomic mass is 9.62. The van der Waals surface area contributed by atoms with Gasteiger partial charge in [-0.1, -0.05) is 32.6 Å². The fourth-order valence-corrected chi connectivity index (χ4v) is 6.47. The number of esters is 1. The standard InChI is InChI=1S/C24H40O3/c1-4-5-17-6-8-18(9-7-17)19-10-12-20(13-11-19)21-14-15-24(2,22(25)16-21)23(26)27-3/h17-21H,4-16H2,1-3H3/t17?,18?,19?,20?,21?,24-/m0/s1. The highest BCUT2D eigenvalue weighted by molar-refractivity contribution is 6.03. The summed E-state index contributed by atoms with van der Waals surface area (Å²) in [6, 6.07) is 0. The molecule has 2 atom stereocenters. The summed E-state index contributed by atoms with van der Waals surface area (Å²) >= 11 is 0. The zero-order valence-electron chi connectivity index (χ0n) is 17.8. The van der Waals surface area contributed by atoms with Gasteiger partial charge in [0.2, 0.25) is 0 Å². The lowest BCUT2D eigenvalue weighted by molar-refractivity contribution is -0.160. The van der Waals surface area contributed by atoms with Crippen LogP contribution in [-0.2, 0) is 14.3 Å². The summed E-state index contributed by atoms with van der Waals surface area (Å²) in [5.41, 5.74) is -0.889. The molecule has 3 aliphatic carbocycles. The minimum absolute atomic E-state index is 0.113. The molecule has 0 aliphatic heterocycles. The molecule has 0 saturated heterocycles. The fourth-order valence-electron chi connectivity index (χ4n) is 6.47. The van der Waals surface area contributed by atoms with E-state index in [0.717, 1.165) is 24.2 Å². The van der Waals surface area contributed by atoms with E-state index in [1.165, 1.54) is 71.3 Å². The Bertz CT molecular complexity index is 512. The van der Waals surface area contributed by atoms with Gasteiger partial charge in [-0.15, -0.1) is 0 Å². The van der Waals surface area contributed by atoms with Crippen LogP contribution in [0.5, 0.6) is 0 Å². The van der Waals surface area contributed by atoms with Crippen LogP contribution in [0, 0.1) is 35.0 Å². The highest BCUT2D eigenvalue weighted by atomic mass is 16.5. The first-order valence-electron chi connectivity index (χ1n) is 11.6. The van der Waals surface area contributed by atoms with Crippen molar-refractivity contribution in [3.05, 3.63) is 0 Å². The van der Waals surface area contributed by atoms with Crippen molar-refractivity contribution in [3.63, 3.8) is 0 Å². The van der Waals surface area contributed by atoms with Gasteiger partial charge in [-0.2, -0.15) is 0 Å². The summed E-state index contributed by atoms with van der Waals surface area (Å²) in [6.45, 7) is 4.10. The van der Waals surface area contributed by atoms with Gasteiger partial charge >= 0.3 is 5.97 Å². The smallest absolute Gasteiger partial charge is 0.319 e. The number of Topliss-reactive ketones (excluding diaryl/α,β-unsaturated/α-hetero) is 1. The first kappa shape index (κ1) is 20.9. The molecule has 0 amide bonds. The van der Waals surface area contributed by atoms with E-state index in [9.17, 15) is 9.59 Å². The second-order valence-electron chi connectivity index (χ2n) is 9.99. The van der Waals surface area contributed by atoms with Crippen molar-refractivity contribution in [1.82, 2.24) is 0 Å². The maximum atomic E-state index is 12.7. The number of hydrogen-bond acceptors (Lipinski definition) is 3. The molecule has 0 aromatic rings. The molecular weight excluding hydrogens is 336 g/mol. The molecule has 3 heteroatoms. The highest BCUT2D eigenvalue weighted by Crippen LogP contribution is 2.47. The van der Waals surface area contributed by atoms with Crippen LogP contribution in [0.4, 0.5) is 0 Å². The van der Waals surface area contributed by atoms with Crippen molar-refractivity contribution < 1.29 is 14.3 Å². The topological polar surface area (TPSA) is 43.4 Å². The Balaban J connectivity index is 1.45. The summed E-state index contributed by atoms with van der Waals surface area (Å²) in [5, 5.41) is 0. The zero-order valence-corrected chi connectivity index (χ0v) is 17.8. The molecule has 3 fully saturated rings. The van der Waals surface area contributed by atoms with Crippen molar-refractivity contribution in [2.45, 2.75) is 97.3 Å². The summed E-state index contributed by atoms with van der Waals surface area (Å²) in [5.74, 6) is 3.87. The average Bonchev–Trinajstić information content (AvgIpc) is 2.70. The Morgan fingerprint density at radius 3 is 1.93 bits per heavy atom. The fraction of sp³-hybridized carbons (Fsp3) is 0.917. The SMILES string of the molecule is CCCC1CCC(C2CCC(C3CC[C@](C)(C(=O)OC)C(=O)C3)CC2)CC1. The number of hydrogen-bond donors (Lipinski definition) is 0. The van der Waals surface area contributed by atoms with E-state index in [-0.39, 0.29) is 11.8 Å².